The van der Waals surface area contributed by atoms with Crippen LogP contribution in [0.4, 0.5) is 0 Å². The van der Waals surface area contributed by atoms with Crippen LogP contribution >= 0.6 is 0 Å². The van der Waals surface area contributed by atoms with Gasteiger partial charge in [-0.25, -0.2) is 0 Å². The van der Waals surface area contributed by atoms with Crippen molar-refractivity contribution in [3.8, 4) is 0 Å². The Balaban J connectivity index is 2.15. The molecular formula is C14H14N2O3S. The van der Waals surface area contributed by atoms with Crippen LogP contribution in [-0.2, 0) is 20.7 Å². The minimum Gasteiger partial charge on any atom is -0.361 e. The molecule has 2 rings (SSSR count). The predicted molar refractivity (Wildman–Crippen MR) is 76.5 cm³/mol. The van der Waals surface area contributed by atoms with E-state index in [1.54, 1.807) is 18.2 Å². The Hall–Kier alpha value is -2.34. The first-order chi connectivity index (χ1) is 9.62. The van der Waals surface area contributed by atoms with Crippen molar-refractivity contribution in [1.29, 1.82) is 0 Å². The van der Waals surface area contributed by atoms with Gasteiger partial charge in [0, 0.05) is 0 Å². The second-order valence-electron chi connectivity index (χ2n) is 4.04. The van der Waals surface area contributed by atoms with Gasteiger partial charge < -0.3 is 10.0 Å². The Morgan fingerprint density at radius 1 is 1.00 bits per heavy atom. The highest BCUT2D eigenvalue weighted by Gasteiger charge is 2.18. The Labute approximate surface area is 117 Å². The fraction of sp³-hybridized carbons (Fsp3) is 0.0714. The molecule has 0 aliphatic heterocycles. The lowest BCUT2D eigenvalue weighted by Gasteiger charge is -2.08. The zero-order chi connectivity index (χ0) is 14.4. The molecule has 0 saturated heterocycles. The van der Waals surface area contributed by atoms with Gasteiger partial charge in [0.25, 0.3) is 0 Å². The van der Waals surface area contributed by atoms with Crippen molar-refractivity contribution in [3.63, 3.8) is 0 Å². The van der Waals surface area contributed by atoms with Crippen LogP contribution in [0.5, 0.6) is 0 Å². The molecule has 6 heteroatoms. The molecule has 0 aliphatic rings. The van der Waals surface area contributed by atoms with Crippen molar-refractivity contribution in [1.82, 2.24) is 0 Å². The van der Waals surface area contributed by atoms with Crippen LogP contribution in [0, 0.1) is 0 Å². The smallest absolute Gasteiger partial charge is 0.340 e. The zero-order valence-corrected chi connectivity index (χ0v) is 11.5. The lowest BCUT2D eigenvalue weighted by molar-refractivity contribution is 0.475. The van der Waals surface area contributed by atoms with Gasteiger partial charge in [0.2, 0.25) is 5.90 Å². The van der Waals surface area contributed by atoms with Gasteiger partial charge >= 0.3 is 10.1 Å². The fourth-order valence-corrected chi connectivity index (χ4v) is 2.57. The van der Waals surface area contributed by atoms with E-state index in [0.29, 0.717) is 0 Å². The molecule has 0 saturated carbocycles. The van der Waals surface area contributed by atoms with Crippen LogP contribution in [-0.4, -0.2) is 14.3 Å². The highest BCUT2D eigenvalue weighted by atomic mass is 32.2. The number of nitrogens with two attached hydrogens (primary N) is 1. The summed E-state index contributed by atoms with van der Waals surface area (Å²) in [6, 6.07) is 17.1. The molecule has 0 fully saturated rings. The Bertz CT molecular complexity index is 683. The standard InChI is InChI=1S/C14H14N2O3S/c15-16-14(11-12-7-3-1-4-8-12)19-20(17,18)13-9-5-2-6-10-13/h1-10H,11,15H2. The third-order valence-corrected chi connectivity index (χ3v) is 3.84. The average molecular weight is 290 g/mol. The second kappa shape index (κ2) is 6.21. The van der Waals surface area contributed by atoms with Crippen molar-refractivity contribution in [3.05, 3.63) is 66.2 Å². The van der Waals surface area contributed by atoms with Gasteiger partial charge in [-0.15, -0.1) is 5.10 Å². The molecule has 0 radical (unpaired) electrons. The van der Waals surface area contributed by atoms with Gasteiger partial charge in [-0.1, -0.05) is 48.5 Å². The van der Waals surface area contributed by atoms with Crippen molar-refractivity contribution in [2.45, 2.75) is 11.3 Å². The molecule has 0 aromatic heterocycles. The summed E-state index contributed by atoms with van der Waals surface area (Å²) in [5, 5.41) is 3.41. The third kappa shape index (κ3) is 3.58. The van der Waals surface area contributed by atoms with Crippen LogP contribution in [0.2, 0.25) is 0 Å². The lowest BCUT2D eigenvalue weighted by atomic mass is 10.1. The SMILES string of the molecule is NN=C(Cc1ccccc1)OS(=O)(=O)c1ccccc1. The molecule has 0 atom stereocenters. The number of hydrogen-bond acceptors (Lipinski definition) is 5. The fourth-order valence-electron chi connectivity index (χ4n) is 1.63. The summed E-state index contributed by atoms with van der Waals surface area (Å²) in [5.74, 6) is 5.15. The molecule has 2 N–H and O–H groups in total. The quantitative estimate of drug-likeness (QED) is 0.306. The molecule has 20 heavy (non-hydrogen) atoms. The monoisotopic (exact) mass is 290 g/mol. The first kappa shape index (κ1) is 14.1. The van der Waals surface area contributed by atoms with Crippen LogP contribution in [0.25, 0.3) is 0 Å². The summed E-state index contributed by atoms with van der Waals surface area (Å²) in [6.45, 7) is 0. The van der Waals surface area contributed by atoms with E-state index in [-0.39, 0.29) is 17.2 Å². The molecule has 104 valence electrons. The molecule has 5 nitrogen and oxygen atoms in total. The van der Waals surface area contributed by atoms with Crippen LogP contribution in [0.15, 0.2) is 70.7 Å². The van der Waals surface area contributed by atoms with E-state index >= 15 is 0 Å². The summed E-state index contributed by atoms with van der Waals surface area (Å²) in [5.41, 5.74) is 0.861. The Morgan fingerprint density at radius 3 is 2.10 bits per heavy atom. The van der Waals surface area contributed by atoms with E-state index in [1.807, 2.05) is 30.3 Å². The van der Waals surface area contributed by atoms with E-state index in [1.165, 1.54) is 12.1 Å². The van der Waals surface area contributed by atoms with E-state index in [4.69, 9.17) is 10.0 Å². The Morgan fingerprint density at radius 2 is 1.55 bits per heavy atom. The maximum absolute atomic E-state index is 12.0. The molecule has 0 bridgehead atoms. The summed E-state index contributed by atoms with van der Waals surface area (Å²) in [6.07, 6.45) is 0.212. The van der Waals surface area contributed by atoms with Gasteiger partial charge in [-0.2, -0.15) is 8.42 Å². The van der Waals surface area contributed by atoms with Crippen molar-refractivity contribution < 1.29 is 12.6 Å². The molecule has 0 unspecified atom stereocenters. The summed E-state index contributed by atoms with van der Waals surface area (Å²) in [7, 11) is -3.90. The van der Waals surface area contributed by atoms with Crippen LogP contribution in [0.3, 0.4) is 0 Å². The number of hydrogen-bond donors (Lipinski definition) is 1. The zero-order valence-electron chi connectivity index (χ0n) is 10.6. The highest BCUT2D eigenvalue weighted by Crippen LogP contribution is 2.13. The normalized spacial score (nSPS) is 12.1. The number of nitrogens with zero attached hydrogens (tertiary/aromatic N) is 1. The molecule has 2 aromatic rings. The van der Waals surface area contributed by atoms with Crippen molar-refractivity contribution in [2.24, 2.45) is 10.9 Å². The second-order valence-corrected chi connectivity index (χ2v) is 5.58. The maximum Gasteiger partial charge on any atom is 0.340 e. The predicted octanol–water partition coefficient (Wildman–Crippen LogP) is 1.91. The largest absolute Gasteiger partial charge is 0.361 e. The number of rotatable bonds is 4. The van der Waals surface area contributed by atoms with E-state index in [9.17, 15) is 8.42 Å². The molecule has 0 aliphatic carbocycles. The van der Waals surface area contributed by atoms with E-state index in [0.717, 1.165) is 5.56 Å². The topological polar surface area (TPSA) is 81.8 Å². The first-order valence-corrected chi connectivity index (χ1v) is 7.33. The minimum atomic E-state index is -3.90. The lowest BCUT2D eigenvalue weighted by Crippen LogP contribution is -2.17. The Kier molecular flexibility index (Phi) is 4.37. The molecule has 0 heterocycles. The highest BCUT2D eigenvalue weighted by molar-refractivity contribution is 7.87. The van der Waals surface area contributed by atoms with Crippen molar-refractivity contribution >= 4 is 16.0 Å². The van der Waals surface area contributed by atoms with Crippen molar-refractivity contribution in [2.75, 3.05) is 0 Å². The van der Waals surface area contributed by atoms with Crippen LogP contribution < -0.4 is 5.84 Å². The molecule has 0 spiro atoms. The van der Waals surface area contributed by atoms with Crippen LogP contribution in [0.1, 0.15) is 5.56 Å². The first-order valence-electron chi connectivity index (χ1n) is 5.92. The summed E-state index contributed by atoms with van der Waals surface area (Å²) < 4.78 is 29.0. The van der Waals surface area contributed by atoms with Gasteiger partial charge in [0.1, 0.15) is 4.90 Å². The third-order valence-electron chi connectivity index (χ3n) is 2.58. The number of benzene rings is 2. The van der Waals surface area contributed by atoms with Gasteiger partial charge in [-0.3, -0.25) is 0 Å². The average Bonchev–Trinajstić information content (AvgIpc) is 2.48. The summed E-state index contributed by atoms with van der Waals surface area (Å²) in [4.78, 5) is 0.0641. The maximum atomic E-state index is 12.0. The van der Waals surface area contributed by atoms with Gasteiger partial charge in [0.15, 0.2) is 0 Å². The summed E-state index contributed by atoms with van der Waals surface area (Å²) >= 11 is 0. The van der Waals surface area contributed by atoms with Gasteiger partial charge in [0.05, 0.1) is 6.42 Å². The van der Waals surface area contributed by atoms with E-state index in [2.05, 4.69) is 5.10 Å². The molecule has 2 aromatic carbocycles. The van der Waals surface area contributed by atoms with Gasteiger partial charge in [-0.05, 0) is 17.7 Å². The minimum absolute atomic E-state index is 0.0555. The molecule has 0 amide bonds. The molecular weight excluding hydrogens is 276 g/mol. The van der Waals surface area contributed by atoms with E-state index < -0.39 is 10.1 Å². The number of hydrazone groups is 1.